The lowest BCUT2D eigenvalue weighted by atomic mass is 10.2. The van der Waals surface area contributed by atoms with Gasteiger partial charge in [-0.25, -0.2) is 9.59 Å². The maximum absolute atomic E-state index is 13.4. The Morgan fingerprint density at radius 3 is 2.22 bits per heavy atom. The summed E-state index contributed by atoms with van der Waals surface area (Å²) in [7, 11) is 4.04. The first-order valence-electron chi connectivity index (χ1n) is 14.9. The number of hydrogen-bond donors (Lipinski definition) is 3. The predicted molar refractivity (Wildman–Crippen MR) is 173 cm³/mol. The number of unbranched alkanes of at least 4 members (excludes halogenated alkanes) is 1. The number of ether oxygens (including phenoxy) is 3. The number of benzene rings is 2. The van der Waals surface area contributed by atoms with E-state index in [1.807, 2.05) is 14.1 Å². The number of aromatic nitrogens is 1. The molecule has 2 heterocycles. The Kier molecular flexibility index (Phi) is 11.2. The van der Waals surface area contributed by atoms with E-state index in [2.05, 4.69) is 25.8 Å². The van der Waals surface area contributed by atoms with Crippen LogP contribution in [0.5, 0.6) is 11.5 Å². The lowest BCUT2D eigenvalue weighted by Crippen LogP contribution is -2.35. The van der Waals surface area contributed by atoms with Gasteiger partial charge in [0.05, 0.1) is 11.4 Å². The van der Waals surface area contributed by atoms with E-state index in [0.29, 0.717) is 54.9 Å². The molecule has 0 saturated carbocycles. The number of fused-ring (bicyclic) bond motifs is 1. The highest BCUT2D eigenvalue weighted by Crippen LogP contribution is 2.32. The Balaban J connectivity index is 1.41. The molecular weight excluding hydrogens is 576 g/mol. The van der Waals surface area contributed by atoms with Crippen molar-refractivity contribution in [1.82, 2.24) is 14.8 Å². The fraction of sp³-hybridized carbons (Fsp3) is 0.394. The third-order valence-corrected chi connectivity index (χ3v) is 6.61. The maximum Gasteiger partial charge on any atom is 0.412 e. The fourth-order valence-electron chi connectivity index (χ4n) is 4.48. The average Bonchev–Trinajstić information content (AvgIpc) is 2.98. The summed E-state index contributed by atoms with van der Waals surface area (Å²) in [6, 6.07) is 15.3. The van der Waals surface area contributed by atoms with Crippen molar-refractivity contribution in [1.29, 1.82) is 0 Å². The topological polar surface area (TPSA) is 134 Å². The summed E-state index contributed by atoms with van der Waals surface area (Å²) >= 11 is 0. The van der Waals surface area contributed by atoms with E-state index in [0.717, 1.165) is 24.9 Å². The lowest BCUT2D eigenvalue weighted by molar-refractivity contribution is 0.0635. The number of pyridine rings is 1. The maximum atomic E-state index is 13.4. The molecule has 1 aliphatic heterocycles. The van der Waals surface area contributed by atoms with Crippen molar-refractivity contribution < 1.29 is 28.6 Å². The number of urea groups is 1. The highest BCUT2D eigenvalue weighted by Gasteiger charge is 2.20. The van der Waals surface area contributed by atoms with Crippen LogP contribution in [0.2, 0.25) is 0 Å². The predicted octanol–water partition coefficient (Wildman–Crippen LogP) is 5.83. The second kappa shape index (κ2) is 15.2. The van der Waals surface area contributed by atoms with Crippen LogP contribution in [0, 0.1) is 0 Å². The number of rotatable bonds is 11. The number of para-hydroxylation sites is 2. The molecule has 0 fully saturated rings. The Morgan fingerprint density at radius 2 is 1.56 bits per heavy atom. The van der Waals surface area contributed by atoms with Crippen LogP contribution in [0.25, 0.3) is 0 Å². The van der Waals surface area contributed by atoms with Crippen molar-refractivity contribution in [2.75, 3.05) is 56.3 Å². The summed E-state index contributed by atoms with van der Waals surface area (Å²) in [4.78, 5) is 46.9. The van der Waals surface area contributed by atoms with Gasteiger partial charge in [0.2, 0.25) is 0 Å². The van der Waals surface area contributed by atoms with Crippen LogP contribution in [0.1, 0.15) is 49.7 Å². The Morgan fingerprint density at radius 1 is 0.867 bits per heavy atom. The van der Waals surface area contributed by atoms with Gasteiger partial charge in [-0.05, 0) is 90.1 Å². The molecule has 3 N–H and O–H groups in total. The van der Waals surface area contributed by atoms with Crippen LogP contribution in [0.15, 0.2) is 60.8 Å². The third kappa shape index (κ3) is 10.4. The smallest absolute Gasteiger partial charge is 0.412 e. The molecule has 0 unspecified atom stereocenters. The van der Waals surface area contributed by atoms with E-state index >= 15 is 0 Å². The van der Waals surface area contributed by atoms with Gasteiger partial charge in [-0.15, -0.1) is 0 Å². The van der Waals surface area contributed by atoms with Gasteiger partial charge >= 0.3 is 12.1 Å². The SMILES string of the molecule is CN(C)CCCCN(Cc1ccc(C(=O)Nc2ccccc2NC(=O)OC(C)(C)C)nc1)C(=O)Nc1ccc2c(c1)OCCO2. The number of anilines is 3. The molecular formula is C33H42N6O6. The van der Waals surface area contributed by atoms with E-state index in [1.165, 1.54) is 0 Å². The van der Waals surface area contributed by atoms with Gasteiger partial charge in [-0.1, -0.05) is 18.2 Å². The van der Waals surface area contributed by atoms with Crippen molar-refractivity contribution in [2.24, 2.45) is 0 Å². The van der Waals surface area contributed by atoms with Crippen molar-refractivity contribution in [3.05, 3.63) is 72.1 Å². The monoisotopic (exact) mass is 618 g/mol. The highest BCUT2D eigenvalue weighted by molar-refractivity contribution is 6.05. The molecule has 0 aliphatic carbocycles. The van der Waals surface area contributed by atoms with Crippen LogP contribution >= 0.6 is 0 Å². The molecule has 0 bridgehead atoms. The van der Waals surface area contributed by atoms with Crippen molar-refractivity contribution >= 4 is 35.1 Å². The number of amides is 4. The molecule has 3 aromatic rings. The van der Waals surface area contributed by atoms with Crippen molar-refractivity contribution in [2.45, 2.75) is 45.8 Å². The molecule has 12 nitrogen and oxygen atoms in total. The largest absolute Gasteiger partial charge is 0.486 e. The van der Waals surface area contributed by atoms with Gasteiger partial charge in [0.15, 0.2) is 11.5 Å². The standard InChI is InChI=1S/C33H42N6O6/c1-33(2,3)45-32(42)37-26-11-7-6-10-25(26)36-30(40)27-14-12-23(21-34-27)22-39(17-9-8-16-38(4)5)31(41)35-24-13-15-28-29(20-24)44-19-18-43-28/h6-7,10-15,20-21H,8-9,16-19,22H2,1-5H3,(H,35,41)(H,36,40)(H,37,42). The van der Waals surface area contributed by atoms with Crippen molar-refractivity contribution in [3.8, 4) is 11.5 Å². The van der Waals surface area contributed by atoms with E-state index < -0.39 is 17.6 Å². The van der Waals surface area contributed by atoms with Gasteiger partial charge in [0, 0.05) is 31.0 Å². The minimum Gasteiger partial charge on any atom is -0.486 e. The molecule has 0 saturated heterocycles. The quantitative estimate of drug-likeness (QED) is 0.229. The highest BCUT2D eigenvalue weighted by atomic mass is 16.6. The molecule has 12 heteroatoms. The third-order valence-electron chi connectivity index (χ3n) is 6.61. The number of nitrogens with zero attached hydrogens (tertiary/aromatic N) is 3. The van der Waals surface area contributed by atoms with Crippen LogP contribution in [-0.2, 0) is 11.3 Å². The van der Waals surface area contributed by atoms with Gasteiger partial charge < -0.3 is 34.6 Å². The zero-order valence-electron chi connectivity index (χ0n) is 26.5. The first kappa shape index (κ1) is 33.1. The number of hydrogen-bond acceptors (Lipinski definition) is 8. The van der Waals surface area contributed by atoms with Gasteiger partial charge in [0.1, 0.15) is 24.5 Å². The summed E-state index contributed by atoms with van der Waals surface area (Å²) < 4.78 is 16.6. The molecule has 1 aliphatic rings. The summed E-state index contributed by atoms with van der Waals surface area (Å²) in [5.41, 5.74) is 1.69. The minimum atomic E-state index is -0.665. The summed E-state index contributed by atoms with van der Waals surface area (Å²) in [5.74, 6) is 0.799. The molecule has 240 valence electrons. The van der Waals surface area contributed by atoms with Gasteiger partial charge in [0.25, 0.3) is 5.91 Å². The molecule has 4 rings (SSSR count). The van der Waals surface area contributed by atoms with E-state index in [-0.39, 0.29) is 11.7 Å². The number of nitrogens with one attached hydrogen (secondary N) is 3. The number of carbonyl (C=O) groups is 3. The van der Waals surface area contributed by atoms with E-state index in [4.69, 9.17) is 14.2 Å². The first-order chi connectivity index (χ1) is 21.5. The zero-order chi connectivity index (χ0) is 32.4. The van der Waals surface area contributed by atoms with Gasteiger partial charge in [-0.2, -0.15) is 0 Å². The van der Waals surface area contributed by atoms with Crippen LogP contribution in [0.4, 0.5) is 26.7 Å². The first-order valence-corrected chi connectivity index (χ1v) is 14.9. The van der Waals surface area contributed by atoms with Crippen molar-refractivity contribution in [3.63, 3.8) is 0 Å². The Bertz CT molecular complexity index is 1470. The summed E-state index contributed by atoms with van der Waals surface area (Å²) in [6.07, 6.45) is 2.71. The minimum absolute atomic E-state index is 0.184. The summed E-state index contributed by atoms with van der Waals surface area (Å²) in [5, 5.41) is 8.43. The second-order valence-corrected chi connectivity index (χ2v) is 11.9. The summed E-state index contributed by atoms with van der Waals surface area (Å²) in [6.45, 7) is 8.01. The Hall–Kier alpha value is -4.84. The van der Waals surface area contributed by atoms with E-state index in [1.54, 1.807) is 86.5 Å². The molecule has 2 aromatic carbocycles. The molecule has 0 atom stereocenters. The molecule has 4 amide bonds. The number of carbonyl (C=O) groups excluding carboxylic acids is 3. The van der Waals surface area contributed by atoms with Gasteiger partial charge in [-0.3, -0.25) is 15.1 Å². The molecule has 0 radical (unpaired) electrons. The van der Waals surface area contributed by atoms with Crippen LogP contribution < -0.4 is 25.4 Å². The Labute approximate surface area is 264 Å². The molecule has 0 spiro atoms. The van der Waals surface area contributed by atoms with Crippen LogP contribution in [-0.4, -0.2) is 78.8 Å². The fourth-order valence-corrected chi connectivity index (χ4v) is 4.48. The van der Waals surface area contributed by atoms with Crippen LogP contribution in [0.3, 0.4) is 0 Å². The van der Waals surface area contributed by atoms with E-state index in [9.17, 15) is 14.4 Å². The lowest BCUT2D eigenvalue weighted by Gasteiger charge is -2.24. The second-order valence-electron chi connectivity index (χ2n) is 11.9. The average molecular weight is 619 g/mol. The zero-order valence-corrected chi connectivity index (χ0v) is 26.5. The molecule has 1 aromatic heterocycles. The molecule has 45 heavy (non-hydrogen) atoms. The normalized spacial score (nSPS) is 12.3.